The lowest BCUT2D eigenvalue weighted by Gasteiger charge is -2.11. The Morgan fingerprint density at radius 3 is 2.32 bits per heavy atom. The van der Waals surface area contributed by atoms with Gasteiger partial charge in [-0.2, -0.15) is 8.42 Å². The summed E-state index contributed by atoms with van der Waals surface area (Å²) >= 11 is 0. The highest BCUT2D eigenvalue weighted by atomic mass is 32.2. The normalized spacial score (nSPS) is 15.6. The Morgan fingerprint density at radius 2 is 1.55 bits per heavy atom. The van der Waals surface area contributed by atoms with Gasteiger partial charge in [-0.15, -0.1) is 0 Å². The van der Waals surface area contributed by atoms with Gasteiger partial charge >= 0.3 is 10.1 Å². The molecule has 5 nitrogen and oxygen atoms in total. The summed E-state index contributed by atoms with van der Waals surface area (Å²) in [5.74, 6) is -0.401. The van der Waals surface area contributed by atoms with E-state index < -0.39 is 15.9 Å². The van der Waals surface area contributed by atoms with Crippen molar-refractivity contribution in [1.29, 1.82) is 0 Å². The molecule has 0 amide bonds. The van der Waals surface area contributed by atoms with E-state index in [0.717, 1.165) is 5.56 Å². The number of nitrogens with zero attached hydrogens (tertiary/aromatic N) is 1. The Hall–Kier alpha value is -2.73. The SMILES string of the molecule is O=C1C=Cc2ccccc2/C1=N/OS(=O)(=O)c1ccccc1. The molecule has 0 heterocycles. The van der Waals surface area contributed by atoms with E-state index in [4.69, 9.17) is 0 Å². The van der Waals surface area contributed by atoms with Gasteiger partial charge in [0.2, 0.25) is 5.78 Å². The third-order valence-corrected chi connectivity index (χ3v) is 4.24. The second-order valence-corrected chi connectivity index (χ2v) is 6.10. The molecular formula is C16H11NO4S. The minimum absolute atomic E-state index is 0.0218. The number of rotatable bonds is 3. The number of carbonyl (C=O) groups is 1. The number of oxime groups is 1. The number of hydrogen-bond donors (Lipinski definition) is 0. The zero-order valence-electron chi connectivity index (χ0n) is 11.3. The molecule has 0 aromatic heterocycles. The lowest BCUT2D eigenvalue weighted by atomic mass is 9.95. The van der Waals surface area contributed by atoms with Crippen molar-refractivity contribution in [3.8, 4) is 0 Å². The van der Waals surface area contributed by atoms with Crippen molar-refractivity contribution in [2.45, 2.75) is 4.90 Å². The second kappa shape index (κ2) is 5.57. The number of carbonyl (C=O) groups excluding carboxylic acids is 1. The van der Waals surface area contributed by atoms with Gasteiger partial charge in [-0.1, -0.05) is 53.7 Å². The molecule has 0 atom stereocenters. The standard InChI is InChI=1S/C16H11NO4S/c18-15-11-10-12-6-4-5-9-14(12)16(15)17-21-22(19,20)13-7-2-1-3-8-13/h1-11H/b17-16-. The first kappa shape index (κ1) is 14.2. The van der Waals surface area contributed by atoms with Crippen LogP contribution in [-0.2, 0) is 19.2 Å². The van der Waals surface area contributed by atoms with Gasteiger partial charge in [-0.3, -0.25) is 9.08 Å². The smallest absolute Gasteiger partial charge is 0.287 e. The zero-order chi connectivity index (χ0) is 15.6. The molecule has 6 heteroatoms. The van der Waals surface area contributed by atoms with Crippen molar-refractivity contribution in [3.63, 3.8) is 0 Å². The van der Waals surface area contributed by atoms with Crippen LogP contribution in [-0.4, -0.2) is 19.9 Å². The summed E-state index contributed by atoms with van der Waals surface area (Å²) in [6, 6.07) is 14.7. The lowest BCUT2D eigenvalue weighted by molar-refractivity contribution is -0.108. The molecule has 3 rings (SSSR count). The van der Waals surface area contributed by atoms with Crippen molar-refractivity contribution < 1.29 is 17.5 Å². The number of allylic oxidation sites excluding steroid dienone is 1. The lowest BCUT2D eigenvalue weighted by Crippen LogP contribution is -2.19. The molecule has 110 valence electrons. The Kier molecular flexibility index (Phi) is 3.60. The van der Waals surface area contributed by atoms with E-state index in [-0.39, 0.29) is 10.6 Å². The van der Waals surface area contributed by atoms with Crippen LogP contribution in [0.15, 0.2) is 70.7 Å². The highest BCUT2D eigenvalue weighted by molar-refractivity contribution is 7.86. The molecule has 0 N–H and O–H groups in total. The van der Waals surface area contributed by atoms with Crippen LogP contribution in [0.25, 0.3) is 6.08 Å². The number of ketones is 1. The number of hydrogen-bond acceptors (Lipinski definition) is 5. The van der Waals surface area contributed by atoms with E-state index in [0.29, 0.717) is 5.56 Å². The van der Waals surface area contributed by atoms with Crippen molar-refractivity contribution in [3.05, 3.63) is 71.8 Å². The quantitative estimate of drug-likeness (QED) is 0.816. The highest BCUT2D eigenvalue weighted by Gasteiger charge is 2.22. The minimum Gasteiger partial charge on any atom is -0.287 e. The van der Waals surface area contributed by atoms with E-state index in [1.807, 2.05) is 6.07 Å². The van der Waals surface area contributed by atoms with Crippen LogP contribution in [0.3, 0.4) is 0 Å². The van der Waals surface area contributed by atoms with Gasteiger partial charge in [0.1, 0.15) is 4.90 Å². The predicted molar refractivity (Wildman–Crippen MR) is 81.7 cm³/mol. The summed E-state index contributed by atoms with van der Waals surface area (Å²) in [6.07, 6.45) is 2.99. The molecule has 1 aliphatic carbocycles. The fraction of sp³-hybridized carbons (Fsp3) is 0. The van der Waals surface area contributed by atoms with Crippen LogP contribution in [0.4, 0.5) is 0 Å². The minimum atomic E-state index is -4.05. The average molecular weight is 313 g/mol. The maximum absolute atomic E-state index is 12.0. The summed E-state index contributed by atoms with van der Waals surface area (Å²) in [4.78, 5) is 11.9. The molecule has 0 radical (unpaired) electrons. The van der Waals surface area contributed by atoms with Gasteiger partial charge in [0.25, 0.3) is 0 Å². The number of benzene rings is 2. The molecule has 2 aromatic rings. The molecule has 22 heavy (non-hydrogen) atoms. The first-order valence-corrected chi connectivity index (χ1v) is 7.87. The van der Waals surface area contributed by atoms with E-state index >= 15 is 0 Å². The summed E-state index contributed by atoms with van der Waals surface area (Å²) < 4.78 is 28.8. The largest absolute Gasteiger partial charge is 0.358 e. The van der Waals surface area contributed by atoms with Crippen LogP contribution < -0.4 is 0 Å². The molecule has 0 saturated carbocycles. The van der Waals surface area contributed by atoms with Gasteiger partial charge in [0.15, 0.2) is 5.71 Å². The Balaban J connectivity index is 1.96. The first-order chi connectivity index (χ1) is 10.6. The predicted octanol–water partition coefficient (Wildman–Crippen LogP) is 2.39. The van der Waals surface area contributed by atoms with E-state index in [1.165, 1.54) is 18.2 Å². The molecule has 1 aliphatic rings. The molecule has 2 aromatic carbocycles. The third kappa shape index (κ3) is 2.68. The molecule has 0 aliphatic heterocycles. The molecule has 0 unspecified atom stereocenters. The fourth-order valence-electron chi connectivity index (χ4n) is 2.05. The van der Waals surface area contributed by atoms with Crippen LogP contribution >= 0.6 is 0 Å². The maximum Gasteiger partial charge on any atom is 0.358 e. The van der Waals surface area contributed by atoms with E-state index in [2.05, 4.69) is 9.44 Å². The number of fused-ring (bicyclic) bond motifs is 1. The molecule has 0 fully saturated rings. The highest BCUT2D eigenvalue weighted by Crippen LogP contribution is 2.19. The van der Waals surface area contributed by atoms with Gasteiger partial charge in [-0.25, -0.2) is 0 Å². The molecule has 0 bridgehead atoms. The summed E-state index contributed by atoms with van der Waals surface area (Å²) in [5.41, 5.74) is 1.29. The first-order valence-electron chi connectivity index (χ1n) is 6.46. The average Bonchev–Trinajstić information content (AvgIpc) is 2.55. The van der Waals surface area contributed by atoms with Gasteiger partial charge < -0.3 is 0 Å². The van der Waals surface area contributed by atoms with Gasteiger partial charge in [-0.05, 0) is 23.8 Å². The van der Waals surface area contributed by atoms with Crippen molar-refractivity contribution in [2.24, 2.45) is 5.16 Å². The van der Waals surface area contributed by atoms with E-state index in [1.54, 1.807) is 42.5 Å². The monoisotopic (exact) mass is 313 g/mol. The maximum atomic E-state index is 12.0. The second-order valence-electron chi connectivity index (χ2n) is 4.57. The molecule has 0 saturated heterocycles. The molecule has 0 spiro atoms. The third-order valence-electron chi connectivity index (χ3n) is 3.12. The summed E-state index contributed by atoms with van der Waals surface area (Å²) in [6.45, 7) is 0. The fourth-order valence-corrected chi connectivity index (χ4v) is 2.80. The Bertz CT molecular complexity index is 883. The van der Waals surface area contributed by atoms with Gasteiger partial charge in [0, 0.05) is 5.56 Å². The van der Waals surface area contributed by atoms with Crippen molar-refractivity contribution >= 4 is 27.7 Å². The van der Waals surface area contributed by atoms with Crippen molar-refractivity contribution in [2.75, 3.05) is 0 Å². The zero-order valence-corrected chi connectivity index (χ0v) is 12.2. The van der Waals surface area contributed by atoms with Crippen LogP contribution in [0.2, 0.25) is 0 Å². The van der Waals surface area contributed by atoms with E-state index in [9.17, 15) is 13.2 Å². The molecular weight excluding hydrogens is 302 g/mol. The summed E-state index contributed by atoms with van der Waals surface area (Å²) in [7, 11) is -4.05. The van der Waals surface area contributed by atoms with Gasteiger partial charge in [0.05, 0.1) is 0 Å². The summed E-state index contributed by atoms with van der Waals surface area (Å²) in [5, 5.41) is 3.58. The van der Waals surface area contributed by atoms with Crippen LogP contribution in [0.5, 0.6) is 0 Å². The van der Waals surface area contributed by atoms with Crippen LogP contribution in [0.1, 0.15) is 11.1 Å². The topological polar surface area (TPSA) is 72.8 Å². The Labute approximate surface area is 127 Å². The van der Waals surface area contributed by atoms with Crippen LogP contribution in [0, 0.1) is 0 Å². The van der Waals surface area contributed by atoms with Crippen molar-refractivity contribution in [1.82, 2.24) is 0 Å². The Morgan fingerprint density at radius 1 is 0.864 bits per heavy atom.